The van der Waals surface area contributed by atoms with Gasteiger partial charge in [-0.05, 0) is 29.1 Å². The van der Waals surface area contributed by atoms with Crippen molar-refractivity contribution in [2.75, 3.05) is 7.11 Å². The minimum Gasteiger partial charge on any atom is -0.496 e. The average Bonchev–Trinajstić information content (AvgIpc) is 2.76. The number of carboxylic acid groups (broad SMARTS) is 1. The van der Waals surface area contributed by atoms with Crippen LogP contribution in [0.25, 0.3) is 10.4 Å². The van der Waals surface area contributed by atoms with Gasteiger partial charge in [-0.15, -0.1) is 11.3 Å². The molecule has 0 saturated heterocycles. The SMILES string of the molecule is COc1cc(F)ccc1-c1sccc1CC(=O)O. The summed E-state index contributed by atoms with van der Waals surface area (Å²) in [6.07, 6.45) is -0.0562. The molecular weight excluding hydrogens is 255 g/mol. The quantitative estimate of drug-likeness (QED) is 0.924. The van der Waals surface area contributed by atoms with Crippen LogP contribution in [-0.4, -0.2) is 18.2 Å². The smallest absolute Gasteiger partial charge is 0.307 e. The van der Waals surface area contributed by atoms with E-state index in [2.05, 4.69) is 0 Å². The van der Waals surface area contributed by atoms with E-state index in [9.17, 15) is 9.18 Å². The summed E-state index contributed by atoms with van der Waals surface area (Å²) in [4.78, 5) is 11.6. The number of rotatable bonds is 4. The fraction of sp³-hybridized carbons (Fsp3) is 0.154. The predicted octanol–water partition coefficient (Wildman–Crippen LogP) is 3.19. The first-order valence-electron chi connectivity index (χ1n) is 5.24. The lowest BCUT2D eigenvalue weighted by atomic mass is 10.1. The maximum atomic E-state index is 13.1. The van der Waals surface area contributed by atoms with Crippen molar-refractivity contribution in [3.05, 3.63) is 41.0 Å². The number of benzene rings is 1. The van der Waals surface area contributed by atoms with Crippen molar-refractivity contribution in [3.8, 4) is 16.2 Å². The fourth-order valence-electron chi connectivity index (χ4n) is 1.73. The summed E-state index contributed by atoms with van der Waals surface area (Å²) < 4.78 is 18.2. The Labute approximate surface area is 107 Å². The van der Waals surface area contributed by atoms with Crippen LogP contribution in [0.4, 0.5) is 4.39 Å². The fourth-order valence-corrected chi connectivity index (χ4v) is 2.68. The van der Waals surface area contributed by atoms with Gasteiger partial charge in [-0.25, -0.2) is 4.39 Å². The summed E-state index contributed by atoms with van der Waals surface area (Å²) in [7, 11) is 1.46. The Morgan fingerprint density at radius 3 is 2.89 bits per heavy atom. The molecule has 0 unspecified atom stereocenters. The maximum Gasteiger partial charge on any atom is 0.307 e. The van der Waals surface area contributed by atoms with E-state index < -0.39 is 5.97 Å². The second kappa shape index (κ2) is 5.18. The third kappa shape index (κ3) is 2.51. The molecule has 3 nitrogen and oxygen atoms in total. The second-order valence-corrected chi connectivity index (χ2v) is 4.61. The molecule has 1 N–H and O–H groups in total. The zero-order chi connectivity index (χ0) is 13.1. The van der Waals surface area contributed by atoms with Crippen LogP contribution in [0.2, 0.25) is 0 Å². The van der Waals surface area contributed by atoms with E-state index in [0.29, 0.717) is 16.9 Å². The summed E-state index contributed by atoms with van der Waals surface area (Å²) in [5.74, 6) is -0.869. The maximum absolute atomic E-state index is 13.1. The molecule has 0 aliphatic heterocycles. The Morgan fingerprint density at radius 2 is 2.22 bits per heavy atom. The van der Waals surface area contributed by atoms with E-state index in [1.807, 2.05) is 5.38 Å². The Balaban J connectivity index is 2.48. The first-order valence-corrected chi connectivity index (χ1v) is 6.12. The van der Waals surface area contributed by atoms with Crippen LogP contribution in [0.5, 0.6) is 5.75 Å². The van der Waals surface area contributed by atoms with Crippen molar-refractivity contribution < 1.29 is 19.0 Å². The topological polar surface area (TPSA) is 46.5 Å². The molecule has 0 aliphatic rings. The lowest BCUT2D eigenvalue weighted by Crippen LogP contribution is -2.00. The number of hydrogen-bond acceptors (Lipinski definition) is 3. The molecule has 0 bridgehead atoms. The molecule has 0 aliphatic carbocycles. The molecule has 2 rings (SSSR count). The molecule has 5 heteroatoms. The summed E-state index contributed by atoms with van der Waals surface area (Å²) in [6.45, 7) is 0. The standard InChI is InChI=1S/C13H11FO3S/c1-17-11-7-9(14)2-3-10(11)13-8(4-5-18-13)6-12(15)16/h2-5,7H,6H2,1H3,(H,15,16). The van der Waals surface area contributed by atoms with Gasteiger partial charge < -0.3 is 9.84 Å². The van der Waals surface area contributed by atoms with Gasteiger partial charge in [0, 0.05) is 16.5 Å². The average molecular weight is 266 g/mol. The predicted molar refractivity (Wildman–Crippen MR) is 67.6 cm³/mol. The van der Waals surface area contributed by atoms with Gasteiger partial charge in [0.1, 0.15) is 11.6 Å². The van der Waals surface area contributed by atoms with Crippen LogP contribution >= 0.6 is 11.3 Å². The molecule has 0 fully saturated rings. The van der Waals surface area contributed by atoms with Crippen molar-refractivity contribution >= 4 is 17.3 Å². The summed E-state index contributed by atoms with van der Waals surface area (Å²) in [5.41, 5.74) is 1.42. The molecule has 94 valence electrons. The molecule has 18 heavy (non-hydrogen) atoms. The lowest BCUT2D eigenvalue weighted by Gasteiger charge is -2.08. The highest BCUT2D eigenvalue weighted by molar-refractivity contribution is 7.13. The first kappa shape index (κ1) is 12.6. The van der Waals surface area contributed by atoms with Gasteiger partial charge >= 0.3 is 5.97 Å². The van der Waals surface area contributed by atoms with E-state index in [1.165, 1.54) is 30.6 Å². The summed E-state index contributed by atoms with van der Waals surface area (Å²) in [6, 6.07) is 5.99. The van der Waals surface area contributed by atoms with E-state index >= 15 is 0 Å². The van der Waals surface area contributed by atoms with Crippen LogP contribution in [-0.2, 0) is 11.2 Å². The molecule has 1 heterocycles. The Kier molecular flexibility index (Phi) is 3.62. The number of halogens is 1. The Bertz CT molecular complexity index is 577. The van der Waals surface area contributed by atoms with Crippen molar-refractivity contribution in [2.24, 2.45) is 0 Å². The highest BCUT2D eigenvalue weighted by atomic mass is 32.1. The number of ether oxygens (including phenoxy) is 1. The van der Waals surface area contributed by atoms with Gasteiger partial charge in [-0.2, -0.15) is 0 Å². The van der Waals surface area contributed by atoms with Gasteiger partial charge in [0.15, 0.2) is 0 Å². The van der Waals surface area contributed by atoms with Gasteiger partial charge in [-0.3, -0.25) is 4.79 Å². The van der Waals surface area contributed by atoms with E-state index in [4.69, 9.17) is 9.84 Å². The van der Waals surface area contributed by atoms with Crippen molar-refractivity contribution in [1.82, 2.24) is 0 Å². The van der Waals surface area contributed by atoms with Crippen molar-refractivity contribution in [2.45, 2.75) is 6.42 Å². The molecule has 2 aromatic rings. The molecule has 0 amide bonds. The largest absolute Gasteiger partial charge is 0.496 e. The first-order chi connectivity index (χ1) is 8.61. The van der Waals surface area contributed by atoms with E-state index in [0.717, 1.165) is 4.88 Å². The van der Waals surface area contributed by atoms with Crippen LogP contribution in [0, 0.1) is 5.82 Å². The third-order valence-electron chi connectivity index (χ3n) is 2.50. The van der Waals surface area contributed by atoms with E-state index in [1.54, 1.807) is 12.1 Å². The molecule has 0 radical (unpaired) electrons. The summed E-state index contributed by atoms with van der Waals surface area (Å²) >= 11 is 1.41. The zero-order valence-corrected chi connectivity index (χ0v) is 10.5. The van der Waals surface area contributed by atoms with Crippen LogP contribution in [0.1, 0.15) is 5.56 Å². The lowest BCUT2D eigenvalue weighted by molar-refractivity contribution is -0.136. The number of hydrogen-bond donors (Lipinski definition) is 1. The highest BCUT2D eigenvalue weighted by Crippen LogP contribution is 2.36. The molecule has 1 aromatic carbocycles. The highest BCUT2D eigenvalue weighted by Gasteiger charge is 2.14. The van der Waals surface area contributed by atoms with Gasteiger partial charge in [0.2, 0.25) is 0 Å². The molecular formula is C13H11FO3S. The minimum absolute atomic E-state index is 0.0562. The van der Waals surface area contributed by atoms with Crippen molar-refractivity contribution in [3.63, 3.8) is 0 Å². The molecule has 1 aromatic heterocycles. The van der Waals surface area contributed by atoms with Gasteiger partial charge in [-0.1, -0.05) is 0 Å². The van der Waals surface area contributed by atoms with E-state index in [-0.39, 0.29) is 12.2 Å². The molecule has 0 saturated carbocycles. The summed E-state index contributed by atoms with van der Waals surface area (Å²) in [5, 5.41) is 10.7. The Morgan fingerprint density at radius 1 is 1.44 bits per heavy atom. The molecule has 0 spiro atoms. The molecule has 0 atom stereocenters. The van der Waals surface area contributed by atoms with Crippen molar-refractivity contribution in [1.29, 1.82) is 0 Å². The number of carboxylic acids is 1. The van der Waals surface area contributed by atoms with Gasteiger partial charge in [0.25, 0.3) is 0 Å². The zero-order valence-electron chi connectivity index (χ0n) is 9.64. The number of aliphatic carboxylic acids is 1. The number of thiophene rings is 1. The van der Waals surface area contributed by atoms with Crippen LogP contribution in [0.3, 0.4) is 0 Å². The normalized spacial score (nSPS) is 10.3. The van der Waals surface area contributed by atoms with Gasteiger partial charge in [0.05, 0.1) is 13.5 Å². The third-order valence-corrected chi connectivity index (χ3v) is 3.49. The van der Waals surface area contributed by atoms with Crippen LogP contribution < -0.4 is 4.74 Å². The Hall–Kier alpha value is -1.88. The minimum atomic E-state index is -0.893. The monoisotopic (exact) mass is 266 g/mol. The second-order valence-electron chi connectivity index (χ2n) is 3.69. The van der Waals surface area contributed by atoms with Crippen LogP contribution in [0.15, 0.2) is 29.6 Å². The number of methoxy groups -OCH3 is 1. The number of carbonyl (C=O) groups is 1.